The lowest BCUT2D eigenvalue weighted by molar-refractivity contribution is -0.114. The average Bonchev–Trinajstić information content (AvgIpc) is 1.89. The summed E-state index contributed by atoms with van der Waals surface area (Å²) in [7, 11) is 0. The molecular weight excluding hydrogens is 112 g/mol. The number of ketones is 1. The van der Waals surface area contributed by atoms with E-state index in [9.17, 15) is 4.79 Å². The summed E-state index contributed by atoms with van der Waals surface area (Å²) in [4.78, 5) is 10.6. The first-order valence-electron chi connectivity index (χ1n) is 3.50. The van der Waals surface area contributed by atoms with Gasteiger partial charge in [0.2, 0.25) is 0 Å². The first-order chi connectivity index (χ1) is 4.31. The van der Waals surface area contributed by atoms with E-state index in [1.165, 1.54) is 0 Å². The molecule has 0 saturated heterocycles. The molecule has 0 N–H and O–H groups in total. The van der Waals surface area contributed by atoms with Crippen molar-refractivity contribution in [2.75, 3.05) is 0 Å². The fraction of sp³-hybridized carbons (Fsp3) is 0.625. The molecule has 1 heteroatoms. The first-order valence-corrected chi connectivity index (χ1v) is 3.50. The first kappa shape index (κ1) is 8.41. The van der Waals surface area contributed by atoms with Crippen LogP contribution in [0, 0.1) is 0 Å². The van der Waals surface area contributed by atoms with E-state index in [2.05, 4.69) is 6.92 Å². The third kappa shape index (κ3) is 5.28. The Morgan fingerprint density at radius 2 is 2.11 bits per heavy atom. The summed E-state index contributed by atoms with van der Waals surface area (Å²) >= 11 is 0. The van der Waals surface area contributed by atoms with Crippen LogP contribution in [0.25, 0.3) is 0 Å². The van der Waals surface area contributed by atoms with Crippen LogP contribution in [0.5, 0.6) is 0 Å². The van der Waals surface area contributed by atoms with Crippen LogP contribution in [-0.4, -0.2) is 5.78 Å². The zero-order valence-corrected chi connectivity index (χ0v) is 6.18. The molecule has 0 amide bonds. The average molecular weight is 126 g/mol. The quantitative estimate of drug-likeness (QED) is 0.528. The van der Waals surface area contributed by atoms with E-state index in [0.29, 0.717) is 6.42 Å². The van der Waals surface area contributed by atoms with Gasteiger partial charge in [-0.1, -0.05) is 26.3 Å². The van der Waals surface area contributed by atoms with Gasteiger partial charge < -0.3 is 0 Å². The van der Waals surface area contributed by atoms with Crippen LogP contribution in [0.3, 0.4) is 0 Å². The summed E-state index contributed by atoms with van der Waals surface area (Å²) in [5, 5.41) is 0. The maximum Gasteiger partial charge on any atom is 0.155 e. The molecule has 0 aliphatic rings. The van der Waals surface area contributed by atoms with Crippen LogP contribution in [-0.2, 0) is 4.79 Å². The van der Waals surface area contributed by atoms with Gasteiger partial charge in [0.15, 0.2) is 5.78 Å². The highest BCUT2D eigenvalue weighted by molar-refractivity contribution is 5.89. The predicted octanol–water partition coefficient (Wildman–Crippen LogP) is 2.32. The van der Waals surface area contributed by atoms with Gasteiger partial charge in [0.1, 0.15) is 0 Å². The lowest BCUT2D eigenvalue weighted by atomic mass is 10.2. The Morgan fingerprint density at radius 1 is 1.44 bits per heavy atom. The van der Waals surface area contributed by atoms with Gasteiger partial charge in [0, 0.05) is 6.42 Å². The molecule has 0 fully saturated rings. The van der Waals surface area contributed by atoms with Crippen molar-refractivity contribution in [3.63, 3.8) is 0 Å². The number of carbonyl (C=O) groups excluding carboxylic acids is 1. The van der Waals surface area contributed by atoms with Gasteiger partial charge in [-0.05, 0) is 12.5 Å². The molecule has 0 unspecified atom stereocenters. The van der Waals surface area contributed by atoms with Gasteiger partial charge in [-0.25, -0.2) is 0 Å². The van der Waals surface area contributed by atoms with Crippen molar-refractivity contribution in [2.24, 2.45) is 0 Å². The minimum absolute atomic E-state index is 0.225. The molecule has 0 saturated carbocycles. The van der Waals surface area contributed by atoms with Crippen molar-refractivity contribution < 1.29 is 4.79 Å². The van der Waals surface area contributed by atoms with Crippen LogP contribution in [0.4, 0.5) is 0 Å². The van der Waals surface area contributed by atoms with E-state index >= 15 is 0 Å². The second-order valence-corrected chi connectivity index (χ2v) is 2.01. The minimum atomic E-state index is 0.225. The molecule has 0 rings (SSSR count). The molecule has 0 aromatic rings. The molecule has 0 radical (unpaired) electrons. The number of hydrogen-bond acceptors (Lipinski definition) is 1. The molecule has 0 atom stereocenters. The Bertz CT molecular complexity index is 103. The van der Waals surface area contributed by atoms with E-state index < -0.39 is 0 Å². The molecule has 9 heavy (non-hydrogen) atoms. The van der Waals surface area contributed by atoms with Gasteiger partial charge in [0.25, 0.3) is 0 Å². The Kier molecular flexibility index (Phi) is 5.18. The molecule has 0 aromatic carbocycles. The van der Waals surface area contributed by atoms with Gasteiger partial charge in [-0.2, -0.15) is 0 Å². The van der Waals surface area contributed by atoms with Gasteiger partial charge in [0.05, 0.1) is 0 Å². The zero-order valence-electron chi connectivity index (χ0n) is 6.18. The fourth-order valence-corrected chi connectivity index (χ4v) is 0.499. The lowest BCUT2D eigenvalue weighted by Crippen LogP contribution is -1.86. The summed E-state index contributed by atoms with van der Waals surface area (Å²) in [5.41, 5.74) is 0. The molecule has 0 bridgehead atoms. The highest BCUT2D eigenvalue weighted by atomic mass is 16.1. The van der Waals surface area contributed by atoms with E-state index in [4.69, 9.17) is 0 Å². The third-order valence-corrected chi connectivity index (χ3v) is 1.11. The summed E-state index contributed by atoms with van der Waals surface area (Å²) in [6, 6.07) is 0. The standard InChI is InChI=1S/C8H14O/c1-3-5-6-7-8(9)4-2/h6-7H,3-5H2,1-2H3/b7-6+. The van der Waals surface area contributed by atoms with Crippen LogP contribution in [0.2, 0.25) is 0 Å². The Labute approximate surface area is 56.8 Å². The number of allylic oxidation sites excluding steroid dienone is 2. The van der Waals surface area contributed by atoms with Crippen molar-refractivity contribution in [1.82, 2.24) is 0 Å². The van der Waals surface area contributed by atoms with Crippen LogP contribution >= 0.6 is 0 Å². The third-order valence-electron chi connectivity index (χ3n) is 1.11. The van der Waals surface area contributed by atoms with E-state index in [0.717, 1.165) is 12.8 Å². The van der Waals surface area contributed by atoms with Crippen molar-refractivity contribution in [2.45, 2.75) is 33.1 Å². The lowest BCUT2D eigenvalue weighted by Gasteiger charge is -1.83. The van der Waals surface area contributed by atoms with Crippen molar-refractivity contribution >= 4 is 5.78 Å². The zero-order chi connectivity index (χ0) is 7.11. The van der Waals surface area contributed by atoms with Crippen LogP contribution < -0.4 is 0 Å². The second-order valence-electron chi connectivity index (χ2n) is 2.01. The summed E-state index contributed by atoms with van der Waals surface area (Å²) in [6.07, 6.45) is 6.37. The number of rotatable bonds is 4. The summed E-state index contributed by atoms with van der Waals surface area (Å²) in [5.74, 6) is 0.225. The van der Waals surface area contributed by atoms with Crippen molar-refractivity contribution in [3.8, 4) is 0 Å². The molecule has 1 nitrogen and oxygen atoms in total. The topological polar surface area (TPSA) is 17.1 Å². The molecular formula is C8H14O. The van der Waals surface area contributed by atoms with Crippen molar-refractivity contribution in [3.05, 3.63) is 12.2 Å². The van der Waals surface area contributed by atoms with Gasteiger partial charge in [-0.15, -0.1) is 0 Å². The Balaban J connectivity index is 3.32. The van der Waals surface area contributed by atoms with Gasteiger partial charge in [-0.3, -0.25) is 4.79 Å². The number of carbonyl (C=O) groups is 1. The molecule has 0 aliphatic heterocycles. The number of unbranched alkanes of at least 4 members (excludes halogenated alkanes) is 1. The monoisotopic (exact) mass is 126 g/mol. The normalized spacial score (nSPS) is 10.4. The maximum atomic E-state index is 10.6. The Morgan fingerprint density at radius 3 is 2.56 bits per heavy atom. The smallest absolute Gasteiger partial charge is 0.155 e. The van der Waals surface area contributed by atoms with Crippen LogP contribution in [0.15, 0.2) is 12.2 Å². The second kappa shape index (κ2) is 5.54. The predicted molar refractivity (Wildman–Crippen MR) is 39.3 cm³/mol. The van der Waals surface area contributed by atoms with Crippen LogP contribution in [0.1, 0.15) is 33.1 Å². The Hall–Kier alpha value is -0.590. The largest absolute Gasteiger partial charge is 0.295 e. The van der Waals surface area contributed by atoms with E-state index in [1.807, 2.05) is 13.0 Å². The van der Waals surface area contributed by atoms with E-state index in [-0.39, 0.29) is 5.78 Å². The molecule has 0 aromatic heterocycles. The van der Waals surface area contributed by atoms with E-state index in [1.54, 1.807) is 6.08 Å². The maximum absolute atomic E-state index is 10.6. The van der Waals surface area contributed by atoms with Gasteiger partial charge >= 0.3 is 0 Å². The SMILES string of the molecule is CCC/C=C/C(=O)CC. The summed E-state index contributed by atoms with van der Waals surface area (Å²) in [6.45, 7) is 3.97. The molecule has 52 valence electrons. The molecule has 0 aliphatic carbocycles. The van der Waals surface area contributed by atoms with Crippen molar-refractivity contribution in [1.29, 1.82) is 0 Å². The highest BCUT2D eigenvalue weighted by Gasteiger charge is 1.86. The molecule has 0 heterocycles. The fourth-order valence-electron chi connectivity index (χ4n) is 0.499. The summed E-state index contributed by atoms with van der Waals surface area (Å²) < 4.78 is 0. The molecule has 0 spiro atoms. The highest BCUT2D eigenvalue weighted by Crippen LogP contribution is 1.90. The minimum Gasteiger partial charge on any atom is -0.295 e. The number of hydrogen-bond donors (Lipinski definition) is 0.